The molecular weight excluding hydrogens is 180 g/mol. The molecule has 0 bridgehead atoms. The van der Waals surface area contributed by atoms with Crippen LogP contribution in [0.4, 0.5) is 0 Å². The molecule has 1 saturated heterocycles. The molecule has 3 unspecified atom stereocenters. The van der Waals surface area contributed by atoms with Crippen molar-refractivity contribution in [1.82, 2.24) is 5.32 Å². The number of rotatable bonds is 4. The van der Waals surface area contributed by atoms with Crippen LogP contribution in [-0.4, -0.2) is 29.1 Å². The van der Waals surface area contributed by atoms with E-state index in [-0.39, 0.29) is 5.54 Å². The van der Waals surface area contributed by atoms with Crippen LogP contribution in [0.5, 0.6) is 0 Å². The molecule has 1 rings (SSSR count). The second kappa shape index (κ2) is 4.67. The van der Waals surface area contributed by atoms with E-state index in [0.29, 0.717) is 6.04 Å². The summed E-state index contributed by atoms with van der Waals surface area (Å²) in [6, 6.07) is 0.592. The van der Waals surface area contributed by atoms with E-state index in [9.17, 15) is 0 Å². The highest BCUT2D eigenvalue weighted by Gasteiger charge is 2.37. The van der Waals surface area contributed by atoms with Crippen molar-refractivity contribution in [3.8, 4) is 0 Å². The Bertz CT molecular complexity index is 163. The van der Waals surface area contributed by atoms with Gasteiger partial charge in [-0.2, -0.15) is 11.8 Å². The van der Waals surface area contributed by atoms with Gasteiger partial charge in [-0.1, -0.05) is 13.8 Å². The average Bonchev–Trinajstić information content (AvgIpc) is 2.48. The Balaban J connectivity index is 2.50. The second-order valence-corrected chi connectivity index (χ2v) is 5.69. The zero-order valence-corrected chi connectivity index (χ0v) is 9.79. The van der Waals surface area contributed by atoms with Gasteiger partial charge in [0.15, 0.2) is 0 Å². The first kappa shape index (κ1) is 11.3. The Morgan fingerprint density at radius 1 is 1.69 bits per heavy atom. The highest BCUT2D eigenvalue weighted by Crippen LogP contribution is 2.34. The highest BCUT2D eigenvalue weighted by molar-refractivity contribution is 8.00. The minimum atomic E-state index is 0.222. The van der Waals surface area contributed by atoms with E-state index < -0.39 is 0 Å². The summed E-state index contributed by atoms with van der Waals surface area (Å²) in [5, 5.41) is 4.44. The largest absolute Gasteiger partial charge is 0.329 e. The monoisotopic (exact) mass is 202 g/mol. The summed E-state index contributed by atoms with van der Waals surface area (Å²) in [5.74, 6) is 1.18. The molecular formula is C10H22N2S. The average molecular weight is 202 g/mol. The molecule has 0 aromatic rings. The van der Waals surface area contributed by atoms with Crippen LogP contribution in [0.15, 0.2) is 0 Å². The van der Waals surface area contributed by atoms with Crippen molar-refractivity contribution in [1.29, 1.82) is 0 Å². The minimum absolute atomic E-state index is 0.222. The van der Waals surface area contributed by atoms with E-state index in [0.717, 1.165) is 11.8 Å². The SMILES string of the molecule is CCC(C)NC1(CN)CSC(C)C1. The molecule has 0 aromatic heterocycles. The fourth-order valence-electron chi connectivity index (χ4n) is 1.90. The molecule has 13 heavy (non-hydrogen) atoms. The number of nitrogens with one attached hydrogen (secondary N) is 1. The van der Waals surface area contributed by atoms with Crippen molar-refractivity contribution < 1.29 is 0 Å². The summed E-state index contributed by atoms with van der Waals surface area (Å²) in [7, 11) is 0. The lowest BCUT2D eigenvalue weighted by atomic mass is 9.95. The van der Waals surface area contributed by atoms with Gasteiger partial charge in [0.2, 0.25) is 0 Å². The van der Waals surface area contributed by atoms with Crippen molar-refractivity contribution in [3.05, 3.63) is 0 Å². The maximum atomic E-state index is 5.86. The fourth-order valence-corrected chi connectivity index (χ4v) is 3.26. The van der Waals surface area contributed by atoms with E-state index in [2.05, 4.69) is 26.1 Å². The number of thioether (sulfide) groups is 1. The van der Waals surface area contributed by atoms with E-state index >= 15 is 0 Å². The maximum absolute atomic E-state index is 5.86. The molecule has 0 saturated carbocycles. The third-order valence-corrected chi connectivity index (χ3v) is 4.33. The van der Waals surface area contributed by atoms with E-state index in [1.54, 1.807) is 0 Å². The first-order valence-corrected chi connectivity index (χ1v) is 6.26. The normalized spacial score (nSPS) is 36.5. The van der Waals surface area contributed by atoms with Gasteiger partial charge in [0.05, 0.1) is 0 Å². The van der Waals surface area contributed by atoms with Gasteiger partial charge in [-0.3, -0.25) is 0 Å². The van der Waals surface area contributed by atoms with E-state index in [1.807, 2.05) is 11.8 Å². The molecule has 1 heterocycles. The maximum Gasteiger partial charge on any atom is 0.0407 e. The Morgan fingerprint density at radius 3 is 2.77 bits per heavy atom. The van der Waals surface area contributed by atoms with Crippen LogP contribution in [0.25, 0.3) is 0 Å². The predicted molar refractivity (Wildman–Crippen MR) is 61.2 cm³/mol. The van der Waals surface area contributed by atoms with Crippen LogP contribution >= 0.6 is 11.8 Å². The Morgan fingerprint density at radius 2 is 2.38 bits per heavy atom. The molecule has 0 aromatic carbocycles. The molecule has 1 aliphatic rings. The van der Waals surface area contributed by atoms with Crippen molar-refractivity contribution >= 4 is 11.8 Å². The van der Waals surface area contributed by atoms with E-state index in [4.69, 9.17) is 5.73 Å². The first-order valence-electron chi connectivity index (χ1n) is 5.21. The summed E-state index contributed by atoms with van der Waals surface area (Å²) in [4.78, 5) is 0. The number of nitrogens with two attached hydrogens (primary N) is 1. The minimum Gasteiger partial charge on any atom is -0.329 e. The molecule has 0 aliphatic carbocycles. The molecule has 78 valence electrons. The summed E-state index contributed by atoms with van der Waals surface area (Å²) < 4.78 is 0. The van der Waals surface area contributed by atoms with Gasteiger partial charge < -0.3 is 11.1 Å². The third-order valence-electron chi connectivity index (χ3n) is 2.88. The van der Waals surface area contributed by atoms with Gasteiger partial charge in [-0.05, 0) is 19.8 Å². The van der Waals surface area contributed by atoms with Crippen LogP contribution in [0, 0.1) is 0 Å². The molecule has 0 radical (unpaired) electrons. The Labute approximate surface area is 86.0 Å². The fraction of sp³-hybridized carbons (Fsp3) is 1.00. The predicted octanol–water partition coefficient (Wildman–Crippen LogP) is 1.60. The second-order valence-electron chi connectivity index (χ2n) is 4.26. The first-order chi connectivity index (χ1) is 6.12. The van der Waals surface area contributed by atoms with Gasteiger partial charge >= 0.3 is 0 Å². The molecule has 0 spiro atoms. The van der Waals surface area contributed by atoms with E-state index in [1.165, 1.54) is 18.6 Å². The van der Waals surface area contributed by atoms with Gasteiger partial charge in [0.1, 0.15) is 0 Å². The standard InChI is InChI=1S/C10H22N2S/c1-4-8(2)12-10(6-11)5-9(3)13-7-10/h8-9,12H,4-7,11H2,1-3H3. The molecule has 3 N–H and O–H groups in total. The molecule has 3 atom stereocenters. The zero-order chi connectivity index (χ0) is 9.90. The van der Waals surface area contributed by atoms with Crippen LogP contribution in [-0.2, 0) is 0 Å². The lowest BCUT2D eigenvalue weighted by molar-refractivity contribution is 0.318. The lowest BCUT2D eigenvalue weighted by Gasteiger charge is -2.31. The summed E-state index contributed by atoms with van der Waals surface area (Å²) in [6.07, 6.45) is 2.40. The van der Waals surface area contributed by atoms with Crippen LogP contribution in [0.1, 0.15) is 33.6 Å². The zero-order valence-electron chi connectivity index (χ0n) is 8.97. The Kier molecular flexibility index (Phi) is 4.07. The van der Waals surface area contributed by atoms with Crippen molar-refractivity contribution in [2.45, 2.75) is 50.4 Å². The Hall–Kier alpha value is 0.270. The van der Waals surface area contributed by atoms with Crippen molar-refractivity contribution in [2.24, 2.45) is 5.73 Å². The highest BCUT2D eigenvalue weighted by atomic mass is 32.2. The third kappa shape index (κ3) is 2.86. The summed E-state index contributed by atoms with van der Waals surface area (Å²) >= 11 is 2.04. The van der Waals surface area contributed by atoms with Crippen molar-refractivity contribution in [2.75, 3.05) is 12.3 Å². The number of hydrogen-bond acceptors (Lipinski definition) is 3. The van der Waals surface area contributed by atoms with Gasteiger partial charge in [-0.25, -0.2) is 0 Å². The van der Waals surface area contributed by atoms with Crippen molar-refractivity contribution in [3.63, 3.8) is 0 Å². The quantitative estimate of drug-likeness (QED) is 0.727. The molecule has 3 heteroatoms. The molecule has 1 aliphatic heterocycles. The van der Waals surface area contributed by atoms with Crippen LogP contribution in [0.2, 0.25) is 0 Å². The number of hydrogen-bond donors (Lipinski definition) is 2. The topological polar surface area (TPSA) is 38.0 Å². The summed E-state index contributed by atoms with van der Waals surface area (Å²) in [6.45, 7) is 7.52. The summed E-state index contributed by atoms with van der Waals surface area (Å²) in [5.41, 5.74) is 6.08. The molecule has 1 fully saturated rings. The lowest BCUT2D eigenvalue weighted by Crippen LogP contribution is -2.54. The van der Waals surface area contributed by atoms with Crippen LogP contribution < -0.4 is 11.1 Å². The molecule has 0 amide bonds. The van der Waals surface area contributed by atoms with Gasteiger partial charge in [-0.15, -0.1) is 0 Å². The van der Waals surface area contributed by atoms with Gasteiger partial charge in [0.25, 0.3) is 0 Å². The molecule has 2 nitrogen and oxygen atoms in total. The smallest absolute Gasteiger partial charge is 0.0407 e. The van der Waals surface area contributed by atoms with Crippen LogP contribution in [0.3, 0.4) is 0 Å². The van der Waals surface area contributed by atoms with Gasteiger partial charge in [0, 0.05) is 29.1 Å².